The Morgan fingerprint density at radius 2 is 2.00 bits per heavy atom. The highest BCUT2D eigenvalue weighted by atomic mass is 16.6. The van der Waals surface area contributed by atoms with Crippen LogP contribution in [0.2, 0.25) is 0 Å². The molecule has 2 aromatic carbocycles. The van der Waals surface area contributed by atoms with Crippen LogP contribution in [-0.2, 0) is 10.2 Å². The predicted molar refractivity (Wildman–Crippen MR) is 102 cm³/mol. The van der Waals surface area contributed by atoms with Crippen molar-refractivity contribution in [3.8, 4) is 5.75 Å². The second kappa shape index (κ2) is 6.75. The van der Waals surface area contributed by atoms with Gasteiger partial charge in [-0.1, -0.05) is 44.2 Å². The van der Waals surface area contributed by atoms with Gasteiger partial charge in [-0.2, -0.15) is 0 Å². The molecule has 0 saturated heterocycles. The fourth-order valence-corrected chi connectivity index (χ4v) is 3.63. The second-order valence-electron chi connectivity index (χ2n) is 7.06. The summed E-state index contributed by atoms with van der Waals surface area (Å²) in [7, 11) is 0. The Labute approximate surface area is 156 Å². The van der Waals surface area contributed by atoms with Crippen LogP contribution in [-0.4, -0.2) is 33.7 Å². The first-order valence-electron chi connectivity index (χ1n) is 8.45. The van der Waals surface area contributed by atoms with Gasteiger partial charge in [-0.25, -0.2) is 0 Å². The van der Waals surface area contributed by atoms with Crippen LogP contribution in [0.3, 0.4) is 0 Å². The molecule has 3 rings (SSSR count). The molecule has 0 bridgehead atoms. The summed E-state index contributed by atoms with van der Waals surface area (Å²) in [6.07, 6.45) is 3.40. The van der Waals surface area contributed by atoms with Crippen molar-refractivity contribution >= 4 is 23.4 Å². The maximum Gasteiger partial charge on any atom is 0.323 e. The van der Waals surface area contributed by atoms with Crippen LogP contribution in [0.25, 0.3) is 6.08 Å². The summed E-state index contributed by atoms with van der Waals surface area (Å²) in [6, 6.07) is 11.2. The standard InChI is InChI=1S/C20H20N2O5/c1-20(2)15-5-3-4-6-16(15)21(12-19(24)25)18(20)10-7-13-11-14(22(26)27)8-9-17(13)23/h3-11,18,23H,12H2,1-2H3,(H,24,25)/b10-7+. The average molecular weight is 368 g/mol. The van der Waals surface area contributed by atoms with E-state index in [9.17, 15) is 25.1 Å². The van der Waals surface area contributed by atoms with E-state index in [0.717, 1.165) is 11.3 Å². The fraction of sp³-hybridized carbons (Fsp3) is 0.250. The maximum atomic E-state index is 11.4. The molecule has 1 atom stereocenters. The van der Waals surface area contributed by atoms with Crippen molar-refractivity contribution in [1.82, 2.24) is 0 Å². The topological polar surface area (TPSA) is 104 Å². The Kier molecular flexibility index (Phi) is 4.61. The zero-order chi connectivity index (χ0) is 19.8. The van der Waals surface area contributed by atoms with Crippen LogP contribution in [0, 0.1) is 10.1 Å². The molecule has 0 saturated carbocycles. The van der Waals surface area contributed by atoms with Gasteiger partial charge in [-0.3, -0.25) is 14.9 Å². The molecular weight excluding hydrogens is 348 g/mol. The lowest BCUT2D eigenvalue weighted by Crippen LogP contribution is -2.42. The molecule has 0 fully saturated rings. The van der Waals surface area contributed by atoms with E-state index < -0.39 is 10.9 Å². The van der Waals surface area contributed by atoms with Crippen molar-refractivity contribution in [1.29, 1.82) is 0 Å². The van der Waals surface area contributed by atoms with E-state index in [2.05, 4.69) is 0 Å². The number of nitro benzene ring substituents is 1. The molecule has 140 valence electrons. The minimum atomic E-state index is -0.945. The third-order valence-corrected chi connectivity index (χ3v) is 4.97. The SMILES string of the molecule is CC1(C)c2ccccc2N(CC(=O)O)C1/C=C/c1cc([N+](=O)[O-])ccc1O. The Morgan fingerprint density at radius 1 is 1.30 bits per heavy atom. The van der Waals surface area contributed by atoms with Crippen molar-refractivity contribution < 1.29 is 19.9 Å². The number of phenolic OH excluding ortho intramolecular Hbond substituents is 1. The zero-order valence-corrected chi connectivity index (χ0v) is 15.0. The number of carboxylic acid groups (broad SMARTS) is 1. The lowest BCUT2D eigenvalue weighted by Gasteiger charge is -2.31. The number of rotatable bonds is 5. The van der Waals surface area contributed by atoms with Gasteiger partial charge in [-0.15, -0.1) is 0 Å². The number of fused-ring (bicyclic) bond motifs is 1. The number of aromatic hydroxyl groups is 1. The number of non-ortho nitro benzene ring substituents is 1. The Balaban J connectivity index is 2.02. The lowest BCUT2D eigenvalue weighted by molar-refractivity contribution is -0.384. The van der Waals surface area contributed by atoms with E-state index in [0.29, 0.717) is 5.56 Å². The summed E-state index contributed by atoms with van der Waals surface area (Å²) in [5.74, 6) is -1.02. The van der Waals surface area contributed by atoms with Crippen LogP contribution in [0.4, 0.5) is 11.4 Å². The van der Waals surface area contributed by atoms with E-state index in [4.69, 9.17) is 0 Å². The number of para-hydroxylation sites is 1. The van der Waals surface area contributed by atoms with Crippen molar-refractivity contribution in [3.63, 3.8) is 0 Å². The molecule has 2 aromatic rings. The van der Waals surface area contributed by atoms with Crippen molar-refractivity contribution in [2.45, 2.75) is 25.3 Å². The molecule has 7 heteroatoms. The minimum Gasteiger partial charge on any atom is -0.507 e. The highest BCUT2D eigenvalue weighted by Crippen LogP contribution is 2.45. The largest absolute Gasteiger partial charge is 0.507 e. The molecule has 2 N–H and O–H groups in total. The van der Waals surface area contributed by atoms with E-state index in [1.807, 2.05) is 38.1 Å². The average Bonchev–Trinajstić information content (AvgIpc) is 2.81. The van der Waals surface area contributed by atoms with E-state index in [-0.39, 0.29) is 29.4 Å². The van der Waals surface area contributed by atoms with Crippen LogP contribution in [0.15, 0.2) is 48.5 Å². The van der Waals surface area contributed by atoms with Gasteiger partial charge in [0.15, 0.2) is 0 Å². The van der Waals surface area contributed by atoms with Gasteiger partial charge in [0.05, 0.1) is 11.0 Å². The summed E-state index contributed by atoms with van der Waals surface area (Å²) in [5.41, 5.74) is 1.70. The number of nitro groups is 1. The predicted octanol–water partition coefficient (Wildman–Crippen LogP) is 3.56. The minimum absolute atomic E-state index is 0.0741. The van der Waals surface area contributed by atoms with E-state index in [1.54, 1.807) is 17.1 Å². The summed E-state index contributed by atoms with van der Waals surface area (Å²) >= 11 is 0. The fourth-order valence-electron chi connectivity index (χ4n) is 3.63. The first kappa shape index (κ1) is 18.4. The van der Waals surface area contributed by atoms with Gasteiger partial charge in [0.2, 0.25) is 0 Å². The first-order chi connectivity index (χ1) is 12.7. The van der Waals surface area contributed by atoms with Gasteiger partial charge >= 0.3 is 5.97 Å². The number of hydrogen-bond donors (Lipinski definition) is 2. The highest BCUT2D eigenvalue weighted by molar-refractivity contribution is 5.78. The first-order valence-corrected chi connectivity index (χ1v) is 8.45. The maximum absolute atomic E-state index is 11.4. The van der Waals surface area contributed by atoms with Gasteiger partial charge in [0.1, 0.15) is 12.3 Å². The van der Waals surface area contributed by atoms with Crippen LogP contribution < -0.4 is 4.90 Å². The summed E-state index contributed by atoms with van der Waals surface area (Å²) in [6.45, 7) is 3.88. The van der Waals surface area contributed by atoms with Crippen molar-refractivity contribution in [2.24, 2.45) is 0 Å². The number of hydrogen-bond acceptors (Lipinski definition) is 5. The number of nitrogens with zero attached hydrogens (tertiary/aromatic N) is 2. The summed E-state index contributed by atoms with van der Waals surface area (Å²) in [5, 5.41) is 30.3. The number of anilines is 1. The molecule has 1 aliphatic heterocycles. The third kappa shape index (κ3) is 3.36. The smallest absolute Gasteiger partial charge is 0.323 e. The van der Waals surface area contributed by atoms with Crippen LogP contribution in [0.1, 0.15) is 25.0 Å². The van der Waals surface area contributed by atoms with Gasteiger partial charge in [0.25, 0.3) is 5.69 Å². The molecule has 1 heterocycles. The quantitative estimate of drug-likeness (QED) is 0.618. The number of benzene rings is 2. The van der Waals surface area contributed by atoms with E-state index >= 15 is 0 Å². The molecule has 0 aliphatic carbocycles. The molecular formula is C20H20N2O5. The molecule has 27 heavy (non-hydrogen) atoms. The molecule has 1 unspecified atom stereocenters. The van der Waals surface area contributed by atoms with Crippen molar-refractivity contribution in [3.05, 3.63) is 69.8 Å². The van der Waals surface area contributed by atoms with Gasteiger partial charge < -0.3 is 15.1 Å². The summed E-state index contributed by atoms with van der Waals surface area (Å²) < 4.78 is 0. The number of carboxylic acids is 1. The number of phenols is 1. The molecule has 0 radical (unpaired) electrons. The number of carbonyl (C=O) groups is 1. The Morgan fingerprint density at radius 3 is 2.67 bits per heavy atom. The molecule has 0 aromatic heterocycles. The zero-order valence-electron chi connectivity index (χ0n) is 15.0. The van der Waals surface area contributed by atoms with Crippen LogP contribution in [0.5, 0.6) is 5.75 Å². The number of aliphatic carboxylic acids is 1. The monoisotopic (exact) mass is 368 g/mol. The Hall–Kier alpha value is -3.35. The molecule has 0 amide bonds. The lowest BCUT2D eigenvalue weighted by atomic mass is 9.80. The molecule has 1 aliphatic rings. The third-order valence-electron chi connectivity index (χ3n) is 4.97. The van der Waals surface area contributed by atoms with Crippen molar-refractivity contribution in [2.75, 3.05) is 11.4 Å². The Bertz CT molecular complexity index is 936. The summed E-state index contributed by atoms with van der Waals surface area (Å²) in [4.78, 5) is 23.6. The molecule has 0 spiro atoms. The van der Waals surface area contributed by atoms with E-state index in [1.165, 1.54) is 18.2 Å². The van der Waals surface area contributed by atoms with Gasteiger partial charge in [-0.05, 0) is 17.7 Å². The van der Waals surface area contributed by atoms with Crippen LogP contribution >= 0.6 is 0 Å². The normalized spacial score (nSPS) is 17.9. The highest BCUT2D eigenvalue weighted by Gasteiger charge is 2.43. The molecule has 7 nitrogen and oxygen atoms in total. The van der Waals surface area contributed by atoms with Gasteiger partial charge in [0, 0.05) is 28.8 Å². The second-order valence-corrected chi connectivity index (χ2v) is 7.06.